The van der Waals surface area contributed by atoms with Gasteiger partial charge in [0.1, 0.15) is 17.1 Å². The van der Waals surface area contributed by atoms with Gasteiger partial charge in [-0.3, -0.25) is 0 Å². The zero-order valence-corrected chi connectivity index (χ0v) is 14.9. The third-order valence-corrected chi connectivity index (χ3v) is 4.67. The summed E-state index contributed by atoms with van der Waals surface area (Å²) in [5.74, 6) is 0.872. The number of carbonyl (C=O) groups excluding carboxylic acids is 1. The number of benzene rings is 2. The minimum absolute atomic E-state index is 0.390. The molecule has 1 N–H and O–H groups in total. The first kappa shape index (κ1) is 16.2. The summed E-state index contributed by atoms with van der Waals surface area (Å²) in [5, 5.41) is 1.04. The summed E-state index contributed by atoms with van der Waals surface area (Å²) in [4.78, 5) is 16.0. The fraction of sp³-hybridized carbons (Fsp3) is 0.136. The van der Waals surface area contributed by atoms with E-state index in [0.29, 0.717) is 17.1 Å². The number of esters is 1. The van der Waals surface area contributed by atoms with Gasteiger partial charge < -0.3 is 14.1 Å². The van der Waals surface area contributed by atoms with Crippen LogP contribution in [0.3, 0.4) is 0 Å². The lowest BCUT2D eigenvalue weighted by Gasteiger charge is -2.07. The van der Waals surface area contributed by atoms with E-state index in [9.17, 15) is 4.79 Å². The van der Waals surface area contributed by atoms with Crippen LogP contribution in [0.25, 0.3) is 33.3 Å². The number of aryl methyl sites for hydroxylation is 2. The highest BCUT2D eigenvalue weighted by Gasteiger charge is 2.27. The number of para-hydroxylation sites is 1. The molecule has 0 aliphatic heterocycles. The van der Waals surface area contributed by atoms with E-state index in [-0.39, 0.29) is 0 Å². The van der Waals surface area contributed by atoms with Crippen LogP contribution in [0.2, 0.25) is 0 Å². The minimum atomic E-state index is -0.390. The average molecular weight is 345 g/mol. The number of H-pyrrole nitrogens is 1. The number of methoxy groups -OCH3 is 1. The number of hydrogen-bond acceptors (Lipinski definition) is 3. The maximum absolute atomic E-state index is 12.5. The molecule has 4 heteroatoms. The van der Waals surface area contributed by atoms with Crippen LogP contribution in [0, 0.1) is 13.8 Å². The van der Waals surface area contributed by atoms with Crippen LogP contribution in [0.1, 0.15) is 21.9 Å². The summed E-state index contributed by atoms with van der Waals surface area (Å²) >= 11 is 0. The number of aromatic amines is 1. The first-order valence-electron chi connectivity index (χ1n) is 8.46. The first-order chi connectivity index (χ1) is 12.6. The quantitative estimate of drug-likeness (QED) is 0.499. The van der Waals surface area contributed by atoms with Gasteiger partial charge in [-0.05, 0) is 25.5 Å². The molecule has 4 aromatic rings. The molecule has 26 heavy (non-hydrogen) atoms. The molecular weight excluding hydrogens is 326 g/mol. The van der Waals surface area contributed by atoms with Crippen LogP contribution in [0.4, 0.5) is 0 Å². The lowest BCUT2D eigenvalue weighted by molar-refractivity contribution is 0.0599. The van der Waals surface area contributed by atoms with Gasteiger partial charge in [-0.1, -0.05) is 48.5 Å². The molecule has 0 unspecified atom stereocenters. The van der Waals surface area contributed by atoms with Crippen molar-refractivity contribution in [3.8, 4) is 22.4 Å². The molecule has 0 spiro atoms. The van der Waals surface area contributed by atoms with Crippen molar-refractivity contribution in [2.45, 2.75) is 13.8 Å². The van der Waals surface area contributed by atoms with Gasteiger partial charge >= 0.3 is 5.97 Å². The normalized spacial score (nSPS) is 11.0. The maximum Gasteiger partial charge on any atom is 0.342 e. The van der Waals surface area contributed by atoms with E-state index in [1.165, 1.54) is 7.11 Å². The molecule has 0 aliphatic carbocycles. The van der Waals surface area contributed by atoms with E-state index in [0.717, 1.165) is 33.3 Å². The standard InChI is InChI=1S/C22H19NO3/c1-13-18(19(14(2)26-13)22(24)25-3)20-16-11-7-8-12-17(16)23-21(20)15-9-5-4-6-10-15/h4-12,23H,1-3H3. The summed E-state index contributed by atoms with van der Waals surface area (Å²) in [6.07, 6.45) is 0. The predicted molar refractivity (Wildman–Crippen MR) is 102 cm³/mol. The van der Waals surface area contributed by atoms with Crippen molar-refractivity contribution in [3.05, 3.63) is 71.7 Å². The van der Waals surface area contributed by atoms with Crippen molar-refractivity contribution in [1.29, 1.82) is 0 Å². The maximum atomic E-state index is 12.5. The highest BCUT2D eigenvalue weighted by molar-refractivity contribution is 6.10. The smallest absolute Gasteiger partial charge is 0.342 e. The largest absolute Gasteiger partial charge is 0.465 e. The molecule has 4 nitrogen and oxygen atoms in total. The van der Waals surface area contributed by atoms with Crippen LogP contribution in [-0.2, 0) is 4.74 Å². The molecule has 2 aromatic carbocycles. The second kappa shape index (κ2) is 6.23. The lowest BCUT2D eigenvalue weighted by atomic mass is 9.95. The molecule has 0 saturated carbocycles. The molecule has 0 fully saturated rings. The Morgan fingerprint density at radius 3 is 2.35 bits per heavy atom. The van der Waals surface area contributed by atoms with Gasteiger partial charge in [-0.25, -0.2) is 4.79 Å². The Hall–Kier alpha value is -3.27. The van der Waals surface area contributed by atoms with Gasteiger partial charge in [-0.15, -0.1) is 0 Å². The number of ether oxygens (including phenoxy) is 1. The van der Waals surface area contributed by atoms with Crippen molar-refractivity contribution in [3.63, 3.8) is 0 Å². The summed E-state index contributed by atoms with van der Waals surface area (Å²) in [6.45, 7) is 3.67. The van der Waals surface area contributed by atoms with Crippen LogP contribution >= 0.6 is 0 Å². The fourth-order valence-electron chi connectivity index (χ4n) is 3.56. The number of fused-ring (bicyclic) bond motifs is 1. The van der Waals surface area contributed by atoms with E-state index in [4.69, 9.17) is 9.15 Å². The Labute approximate surface area is 151 Å². The van der Waals surface area contributed by atoms with Gasteiger partial charge in [0.2, 0.25) is 0 Å². The molecule has 0 amide bonds. The molecule has 0 bridgehead atoms. The minimum Gasteiger partial charge on any atom is -0.465 e. The first-order valence-corrected chi connectivity index (χ1v) is 8.46. The summed E-state index contributed by atoms with van der Waals surface area (Å²) in [7, 11) is 1.39. The molecular formula is C22H19NO3. The predicted octanol–water partition coefficient (Wildman–Crippen LogP) is 5.50. The Morgan fingerprint density at radius 1 is 0.923 bits per heavy atom. The zero-order chi connectivity index (χ0) is 18.3. The Balaban J connectivity index is 2.12. The van der Waals surface area contributed by atoms with Crippen LogP contribution in [0.15, 0.2) is 59.0 Å². The van der Waals surface area contributed by atoms with Gasteiger partial charge in [-0.2, -0.15) is 0 Å². The zero-order valence-electron chi connectivity index (χ0n) is 14.9. The number of rotatable bonds is 3. The Bertz CT molecular complexity index is 1100. The summed E-state index contributed by atoms with van der Waals surface area (Å²) in [5.41, 5.74) is 5.24. The van der Waals surface area contributed by atoms with E-state index in [1.54, 1.807) is 6.92 Å². The highest BCUT2D eigenvalue weighted by atomic mass is 16.5. The van der Waals surface area contributed by atoms with Gasteiger partial charge in [0, 0.05) is 22.0 Å². The number of aromatic nitrogens is 1. The highest BCUT2D eigenvalue weighted by Crippen LogP contribution is 2.43. The van der Waals surface area contributed by atoms with Gasteiger partial charge in [0.25, 0.3) is 0 Å². The van der Waals surface area contributed by atoms with E-state index in [2.05, 4.69) is 11.1 Å². The van der Waals surface area contributed by atoms with Crippen molar-refractivity contribution in [2.24, 2.45) is 0 Å². The van der Waals surface area contributed by atoms with E-state index < -0.39 is 5.97 Å². The molecule has 0 radical (unpaired) electrons. The van der Waals surface area contributed by atoms with Crippen molar-refractivity contribution < 1.29 is 13.9 Å². The number of carbonyl (C=O) groups is 1. The summed E-state index contributed by atoms with van der Waals surface area (Å²) in [6, 6.07) is 18.2. The van der Waals surface area contributed by atoms with Crippen LogP contribution in [0.5, 0.6) is 0 Å². The van der Waals surface area contributed by atoms with Crippen LogP contribution in [-0.4, -0.2) is 18.1 Å². The molecule has 0 aliphatic rings. The summed E-state index contributed by atoms with van der Waals surface area (Å²) < 4.78 is 10.8. The third-order valence-electron chi connectivity index (χ3n) is 4.67. The third kappa shape index (κ3) is 2.42. The lowest BCUT2D eigenvalue weighted by Crippen LogP contribution is -2.03. The topological polar surface area (TPSA) is 55.2 Å². The van der Waals surface area contributed by atoms with Gasteiger partial charge in [0.15, 0.2) is 0 Å². The number of furan rings is 1. The van der Waals surface area contributed by atoms with E-state index >= 15 is 0 Å². The average Bonchev–Trinajstić information content (AvgIpc) is 3.18. The Kier molecular flexibility index (Phi) is 3.88. The monoisotopic (exact) mass is 345 g/mol. The number of nitrogens with one attached hydrogen (secondary N) is 1. The van der Waals surface area contributed by atoms with Crippen LogP contribution < -0.4 is 0 Å². The van der Waals surface area contributed by atoms with E-state index in [1.807, 2.05) is 55.5 Å². The van der Waals surface area contributed by atoms with Crippen molar-refractivity contribution in [1.82, 2.24) is 4.98 Å². The number of hydrogen-bond donors (Lipinski definition) is 1. The molecule has 0 saturated heterocycles. The van der Waals surface area contributed by atoms with Crippen molar-refractivity contribution >= 4 is 16.9 Å². The second-order valence-corrected chi connectivity index (χ2v) is 6.24. The molecule has 2 aromatic heterocycles. The Morgan fingerprint density at radius 2 is 1.62 bits per heavy atom. The molecule has 130 valence electrons. The second-order valence-electron chi connectivity index (χ2n) is 6.24. The fourth-order valence-corrected chi connectivity index (χ4v) is 3.56. The SMILES string of the molecule is COC(=O)c1c(C)oc(C)c1-c1c(-c2ccccc2)[nH]c2ccccc12. The molecule has 4 rings (SSSR count). The van der Waals surface area contributed by atoms with Gasteiger partial charge in [0.05, 0.1) is 12.8 Å². The molecule has 2 heterocycles. The molecule has 0 atom stereocenters. The van der Waals surface area contributed by atoms with Crippen molar-refractivity contribution in [2.75, 3.05) is 7.11 Å².